The monoisotopic (exact) mass is 377 g/mol. The van der Waals surface area contributed by atoms with Crippen molar-refractivity contribution in [1.29, 1.82) is 0 Å². The molecule has 0 fully saturated rings. The zero-order valence-corrected chi connectivity index (χ0v) is 15.4. The van der Waals surface area contributed by atoms with Gasteiger partial charge in [-0.05, 0) is 41.4 Å². The highest BCUT2D eigenvalue weighted by molar-refractivity contribution is 9.10. The van der Waals surface area contributed by atoms with Gasteiger partial charge in [-0.2, -0.15) is 0 Å². The van der Waals surface area contributed by atoms with Crippen LogP contribution in [0.4, 0.5) is 4.39 Å². The van der Waals surface area contributed by atoms with Crippen molar-refractivity contribution in [2.24, 2.45) is 0 Å². The lowest BCUT2D eigenvalue weighted by atomic mass is 9.99. The van der Waals surface area contributed by atoms with Crippen molar-refractivity contribution in [3.63, 3.8) is 0 Å². The lowest BCUT2D eigenvalue weighted by molar-refractivity contribution is 0.450. The van der Waals surface area contributed by atoms with Crippen molar-refractivity contribution < 1.29 is 4.39 Å². The smallest absolute Gasteiger partial charge is 0.147 e. The van der Waals surface area contributed by atoms with Gasteiger partial charge in [0.1, 0.15) is 5.82 Å². The molecular weight excluding hydrogens is 353 g/mol. The van der Waals surface area contributed by atoms with Gasteiger partial charge >= 0.3 is 0 Å². The van der Waals surface area contributed by atoms with Crippen LogP contribution in [0.25, 0.3) is 0 Å². The first-order valence-corrected chi connectivity index (χ1v) is 9.15. The molecule has 1 N–H and O–H groups in total. The van der Waals surface area contributed by atoms with E-state index >= 15 is 0 Å². The third-order valence-corrected chi connectivity index (χ3v) is 4.94. The molecule has 0 aliphatic carbocycles. The molecule has 0 heterocycles. The van der Waals surface area contributed by atoms with E-state index in [1.807, 2.05) is 12.1 Å². The third-order valence-electron chi connectivity index (χ3n) is 3.68. The second kappa shape index (κ2) is 10.6. The minimum Gasteiger partial charge on any atom is -0.310 e. The zero-order valence-electron chi connectivity index (χ0n) is 13.0. The lowest BCUT2D eigenvalue weighted by Gasteiger charge is -2.20. The largest absolute Gasteiger partial charge is 0.310 e. The van der Waals surface area contributed by atoms with Crippen LogP contribution in [0.1, 0.15) is 70.4 Å². The highest BCUT2D eigenvalue weighted by atomic mass is 79.9. The van der Waals surface area contributed by atoms with E-state index < -0.39 is 0 Å². The van der Waals surface area contributed by atoms with E-state index in [-0.39, 0.29) is 16.9 Å². The number of unbranched alkanes of at least 4 members (excludes halogenated alkanes) is 4. The molecule has 1 nitrogen and oxygen atoms in total. The van der Waals surface area contributed by atoms with Gasteiger partial charge in [0, 0.05) is 16.1 Å². The molecule has 4 heteroatoms. The molecule has 1 rings (SSSR count). The van der Waals surface area contributed by atoms with Crippen molar-refractivity contribution in [2.75, 3.05) is 6.54 Å². The summed E-state index contributed by atoms with van der Waals surface area (Å²) < 4.78 is 15.0. The fourth-order valence-electron chi connectivity index (χ4n) is 2.45. The molecule has 1 atom stereocenters. The number of hydrogen-bond donors (Lipinski definition) is 1. The van der Waals surface area contributed by atoms with Crippen LogP contribution in [0.15, 0.2) is 16.6 Å². The van der Waals surface area contributed by atoms with E-state index in [1.54, 1.807) is 0 Å². The Morgan fingerprint density at radius 2 is 1.86 bits per heavy atom. The van der Waals surface area contributed by atoms with Gasteiger partial charge in [0.2, 0.25) is 0 Å². The molecule has 0 saturated heterocycles. The Morgan fingerprint density at radius 3 is 2.52 bits per heavy atom. The van der Waals surface area contributed by atoms with Crippen LogP contribution < -0.4 is 5.32 Å². The quantitative estimate of drug-likeness (QED) is 0.355. The minimum absolute atomic E-state index is 0.0529. The van der Waals surface area contributed by atoms with E-state index in [0.717, 1.165) is 25.8 Å². The summed E-state index contributed by atoms with van der Waals surface area (Å²) in [5.74, 6) is -0.298. The maximum absolute atomic E-state index is 14.4. The van der Waals surface area contributed by atoms with Crippen LogP contribution in [0.2, 0.25) is 5.02 Å². The number of benzene rings is 1. The van der Waals surface area contributed by atoms with Crippen LogP contribution >= 0.6 is 27.5 Å². The molecule has 0 spiro atoms. The zero-order chi connectivity index (χ0) is 15.7. The van der Waals surface area contributed by atoms with Crippen molar-refractivity contribution in [2.45, 2.75) is 64.8 Å². The third kappa shape index (κ3) is 6.25. The molecular formula is C17H26BrClFN. The van der Waals surface area contributed by atoms with E-state index in [1.165, 1.54) is 25.7 Å². The first-order valence-electron chi connectivity index (χ1n) is 7.98. The molecule has 0 radical (unpaired) electrons. The molecule has 0 saturated carbocycles. The normalized spacial score (nSPS) is 12.6. The summed E-state index contributed by atoms with van der Waals surface area (Å²) in [6, 6.07) is 3.72. The Balaban J connectivity index is 2.70. The van der Waals surface area contributed by atoms with Crippen LogP contribution in [0.5, 0.6) is 0 Å². The van der Waals surface area contributed by atoms with E-state index in [9.17, 15) is 4.39 Å². The van der Waals surface area contributed by atoms with Gasteiger partial charge in [0.15, 0.2) is 0 Å². The van der Waals surface area contributed by atoms with Gasteiger partial charge < -0.3 is 5.32 Å². The molecule has 21 heavy (non-hydrogen) atoms. The Kier molecular flexibility index (Phi) is 9.54. The topological polar surface area (TPSA) is 12.0 Å². The van der Waals surface area contributed by atoms with E-state index in [0.29, 0.717) is 10.0 Å². The first kappa shape index (κ1) is 18.9. The van der Waals surface area contributed by atoms with Crippen molar-refractivity contribution in [1.82, 2.24) is 5.32 Å². The maximum atomic E-state index is 14.4. The molecule has 1 aromatic carbocycles. The highest BCUT2D eigenvalue weighted by Gasteiger charge is 2.18. The fourth-order valence-corrected chi connectivity index (χ4v) is 2.93. The summed E-state index contributed by atoms with van der Waals surface area (Å²) in [7, 11) is 0. The Bertz CT molecular complexity index is 425. The molecule has 0 bridgehead atoms. The van der Waals surface area contributed by atoms with Crippen LogP contribution in [0, 0.1) is 5.82 Å². The van der Waals surface area contributed by atoms with Gasteiger partial charge in [0.05, 0.1) is 5.02 Å². The predicted octanol–water partition coefficient (Wildman–Crippen LogP) is 6.64. The van der Waals surface area contributed by atoms with Crippen LogP contribution in [-0.4, -0.2) is 6.54 Å². The summed E-state index contributed by atoms with van der Waals surface area (Å²) in [4.78, 5) is 0. The van der Waals surface area contributed by atoms with E-state index in [2.05, 4.69) is 35.1 Å². The molecule has 1 aromatic rings. The van der Waals surface area contributed by atoms with Crippen LogP contribution in [-0.2, 0) is 0 Å². The Hall–Kier alpha value is -0.120. The van der Waals surface area contributed by atoms with Gasteiger partial charge in [0.25, 0.3) is 0 Å². The summed E-state index contributed by atoms with van der Waals surface area (Å²) in [6.45, 7) is 5.23. The van der Waals surface area contributed by atoms with Crippen molar-refractivity contribution in [3.05, 3.63) is 33.0 Å². The van der Waals surface area contributed by atoms with Gasteiger partial charge in [-0.1, -0.05) is 63.6 Å². The summed E-state index contributed by atoms with van der Waals surface area (Å²) in [5, 5.41) is 3.63. The molecule has 1 unspecified atom stereocenters. The SMILES string of the molecule is CCCCCCCC(NCCC)c1ccc(Br)c(Cl)c1F. The standard InChI is InChI=1S/C17H26BrClFN/c1-3-5-6-7-8-9-15(21-12-4-2)13-10-11-14(18)16(19)17(13)20/h10-11,15,21H,3-9,12H2,1-2H3. The van der Waals surface area contributed by atoms with Gasteiger partial charge in [-0.15, -0.1) is 0 Å². The first-order chi connectivity index (χ1) is 10.1. The van der Waals surface area contributed by atoms with Crippen LogP contribution in [0.3, 0.4) is 0 Å². The second-order valence-corrected chi connectivity index (χ2v) is 6.71. The molecule has 0 aliphatic rings. The van der Waals surface area contributed by atoms with Gasteiger partial charge in [-0.25, -0.2) is 4.39 Å². The Labute approximate surface area is 141 Å². The maximum Gasteiger partial charge on any atom is 0.147 e. The summed E-state index contributed by atoms with van der Waals surface area (Å²) in [6.07, 6.45) is 8.12. The predicted molar refractivity (Wildman–Crippen MR) is 93.5 cm³/mol. The molecule has 120 valence electrons. The molecule has 0 aliphatic heterocycles. The fraction of sp³-hybridized carbons (Fsp3) is 0.647. The van der Waals surface area contributed by atoms with Crippen molar-refractivity contribution in [3.8, 4) is 0 Å². The lowest BCUT2D eigenvalue weighted by Crippen LogP contribution is -2.23. The summed E-state index contributed by atoms with van der Waals surface area (Å²) >= 11 is 9.28. The summed E-state index contributed by atoms with van der Waals surface area (Å²) in [5.41, 5.74) is 0.687. The molecule has 0 aromatic heterocycles. The van der Waals surface area contributed by atoms with Crippen molar-refractivity contribution >= 4 is 27.5 Å². The average molecular weight is 379 g/mol. The second-order valence-electron chi connectivity index (χ2n) is 5.47. The highest BCUT2D eigenvalue weighted by Crippen LogP contribution is 2.32. The Morgan fingerprint density at radius 1 is 1.14 bits per heavy atom. The number of hydrogen-bond acceptors (Lipinski definition) is 1. The minimum atomic E-state index is -0.298. The van der Waals surface area contributed by atoms with Gasteiger partial charge in [-0.3, -0.25) is 0 Å². The van der Waals surface area contributed by atoms with E-state index in [4.69, 9.17) is 11.6 Å². The number of rotatable bonds is 10. The average Bonchev–Trinajstić information content (AvgIpc) is 2.48. The number of nitrogens with one attached hydrogen (secondary N) is 1. The molecule has 0 amide bonds. The number of halogens is 3.